The number of ether oxygens (including phenoxy) is 2. The number of halogens is 5. The Morgan fingerprint density at radius 2 is 1.94 bits per heavy atom. The summed E-state index contributed by atoms with van der Waals surface area (Å²) in [4.78, 5) is 35.4. The fourth-order valence-corrected chi connectivity index (χ4v) is 5.49. The Hall–Kier alpha value is -4.64. The maximum absolute atomic E-state index is 13.8. The number of hydrogen-bond donors (Lipinski definition) is 2. The van der Waals surface area contributed by atoms with E-state index in [1.54, 1.807) is 13.0 Å². The quantitative estimate of drug-likeness (QED) is 0.107. The van der Waals surface area contributed by atoms with Crippen LogP contribution in [0.15, 0.2) is 36.9 Å². The van der Waals surface area contributed by atoms with Crippen LogP contribution in [-0.4, -0.2) is 87.2 Å². The molecule has 0 saturated carbocycles. The van der Waals surface area contributed by atoms with Gasteiger partial charge in [0.1, 0.15) is 6.54 Å². The number of rotatable bonds is 15. The largest absolute Gasteiger partial charge is 0.435 e. The van der Waals surface area contributed by atoms with E-state index in [0.717, 1.165) is 32.0 Å². The number of carbonyl (C=O) groups excluding carboxylic acids is 2. The predicted octanol–water partition coefficient (Wildman–Crippen LogP) is 4.56. The van der Waals surface area contributed by atoms with Crippen LogP contribution < -0.4 is 15.4 Å². The zero-order valence-electron chi connectivity index (χ0n) is 25.4. The molecule has 0 radical (unpaired) electrons. The highest BCUT2D eigenvalue weighted by molar-refractivity contribution is 5.97. The summed E-state index contributed by atoms with van der Waals surface area (Å²) in [6.07, 6.45) is -0.445. The number of nitrogens with one attached hydrogen (secondary N) is 2. The van der Waals surface area contributed by atoms with Gasteiger partial charge in [-0.1, -0.05) is 6.92 Å². The van der Waals surface area contributed by atoms with Crippen molar-refractivity contribution in [2.24, 2.45) is 0 Å². The number of amides is 1. The first-order chi connectivity index (χ1) is 22.6. The van der Waals surface area contributed by atoms with Gasteiger partial charge in [-0.2, -0.15) is 18.3 Å². The van der Waals surface area contributed by atoms with Crippen molar-refractivity contribution in [2.75, 3.05) is 44.7 Å². The summed E-state index contributed by atoms with van der Waals surface area (Å²) in [7, 11) is 0. The van der Waals surface area contributed by atoms with Crippen LogP contribution in [0.2, 0.25) is 0 Å². The topological polar surface area (TPSA) is 128 Å². The molecule has 1 aliphatic heterocycles. The molecule has 4 aromatic rings. The van der Waals surface area contributed by atoms with Crippen molar-refractivity contribution >= 4 is 29.5 Å². The van der Waals surface area contributed by atoms with Crippen LogP contribution in [0.3, 0.4) is 0 Å². The first-order valence-corrected chi connectivity index (χ1v) is 15.0. The van der Waals surface area contributed by atoms with Crippen molar-refractivity contribution in [3.05, 3.63) is 53.7 Å². The molecule has 1 amide bonds. The number of likely N-dealkylation sites (tertiary alicyclic amines) is 1. The lowest BCUT2D eigenvalue weighted by Crippen LogP contribution is -2.30. The van der Waals surface area contributed by atoms with Crippen LogP contribution in [-0.2, 0) is 28.7 Å². The highest BCUT2D eigenvalue weighted by atomic mass is 19.4. The molecule has 1 saturated heterocycles. The molecule has 12 nitrogen and oxygen atoms in total. The highest BCUT2D eigenvalue weighted by Crippen LogP contribution is 2.38. The molecule has 1 aliphatic rings. The lowest BCUT2D eigenvalue weighted by molar-refractivity contribution is -0.141. The Balaban J connectivity index is 1.36. The molecule has 0 bridgehead atoms. The van der Waals surface area contributed by atoms with Crippen molar-refractivity contribution in [3.8, 4) is 17.0 Å². The van der Waals surface area contributed by atoms with Gasteiger partial charge in [-0.05, 0) is 44.5 Å². The number of fused-ring (bicyclic) bond motifs is 1. The summed E-state index contributed by atoms with van der Waals surface area (Å²) in [5.41, 5.74) is -0.838. The first-order valence-electron chi connectivity index (χ1n) is 15.0. The second-order valence-corrected chi connectivity index (χ2v) is 10.7. The fourth-order valence-electron chi connectivity index (χ4n) is 5.49. The predicted molar refractivity (Wildman–Crippen MR) is 160 cm³/mol. The Bertz CT molecular complexity index is 1700. The van der Waals surface area contributed by atoms with E-state index in [1.165, 1.54) is 35.7 Å². The number of imidazole rings is 1. The molecule has 3 aromatic heterocycles. The number of anilines is 2. The molecular weight excluding hydrogens is 631 g/mol. The summed E-state index contributed by atoms with van der Waals surface area (Å²) < 4.78 is 80.1. The molecular formula is C30H33F5N8O4. The van der Waals surface area contributed by atoms with Crippen LogP contribution in [0.25, 0.3) is 16.9 Å². The summed E-state index contributed by atoms with van der Waals surface area (Å²) >= 11 is 0. The molecule has 4 heterocycles. The van der Waals surface area contributed by atoms with Crippen LogP contribution >= 0.6 is 0 Å². The monoisotopic (exact) mass is 664 g/mol. The minimum absolute atomic E-state index is 0.0558. The van der Waals surface area contributed by atoms with E-state index in [9.17, 15) is 31.5 Å². The first kappa shape index (κ1) is 33.7. The maximum atomic E-state index is 13.8. The van der Waals surface area contributed by atoms with Gasteiger partial charge < -0.3 is 25.0 Å². The maximum Gasteiger partial charge on any atom is 0.435 e. The number of nitrogens with zero attached hydrogens (tertiary/aromatic N) is 6. The van der Waals surface area contributed by atoms with Crippen molar-refractivity contribution in [2.45, 2.75) is 45.3 Å². The van der Waals surface area contributed by atoms with Gasteiger partial charge in [0.25, 0.3) is 18.8 Å². The Morgan fingerprint density at radius 1 is 1.15 bits per heavy atom. The summed E-state index contributed by atoms with van der Waals surface area (Å²) in [5, 5.41) is 9.15. The van der Waals surface area contributed by atoms with E-state index < -0.39 is 36.3 Å². The average molecular weight is 665 g/mol. The number of benzene rings is 1. The summed E-state index contributed by atoms with van der Waals surface area (Å²) in [5.74, 6) is -0.258. The van der Waals surface area contributed by atoms with Gasteiger partial charge in [-0.3, -0.25) is 18.7 Å². The Kier molecular flexibility index (Phi) is 10.7. The van der Waals surface area contributed by atoms with Crippen molar-refractivity contribution < 1.29 is 41.0 Å². The fraction of sp³-hybridized carbons (Fsp3) is 0.433. The summed E-state index contributed by atoms with van der Waals surface area (Å²) in [6, 6.07) is 3.05. The smallest absolute Gasteiger partial charge is 0.426 e. The van der Waals surface area contributed by atoms with Crippen LogP contribution in [0.5, 0.6) is 5.75 Å². The van der Waals surface area contributed by atoms with E-state index in [4.69, 9.17) is 9.47 Å². The van der Waals surface area contributed by atoms with Gasteiger partial charge >= 0.3 is 6.18 Å². The molecule has 1 fully saturated rings. The van der Waals surface area contributed by atoms with Gasteiger partial charge in [0, 0.05) is 42.8 Å². The zero-order valence-corrected chi connectivity index (χ0v) is 25.4. The van der Waals surface area contributed by atoms with Gasteiger partial charge in [-0.25, -0.2) is 18.7 Å². The number of alkyl halides is 5. The lowest BCUT2D eigenvalue weighted by Gasteiger charge is -2.17. The standard InChI is InChI=1S/C30H33F5N8O4/c1-2-19-20(29(45)37-8-13-46-14-12-41-9-3-4-10-41)5-6-22(25(19)47-18-44)39-27-28-38-15-23(43(28)11-7-36-27)21-16-42(17-24(31)32)40-26(21)30(33,34)35/h5-7,11,15-16,18,24H,2-4,8-10,12-14,17H2,1H3,(H,36,39)(H,37,45). The van der Waals surface area contributed by atoms with E-state index in [2.05, 4.69) is 30.6 Å². The molecule has 1 aromatic carbocycles. The van der Waals surface area contributed by atoms with E-state index in [-0.39, 0.29) is 47.2 Å². The molecule has 0 spiro atoms. The van der Waals surface area contributed by atoms with Crippen molar-refractivity contribution in [3.63, 3.8) is 0 Å². The van der Waals surface area contributed by atoms with E-state index in [1.807, 2.05) is 0 Å². The van der Waals surface area contributed by atoms with Gasteiger partial charge in [0.15, 0.2) is 22.9 Å². The van der Waals surface area contributed by atoms with Gasteiger partial charge in [-0.15, -0.1) is 0 Å². The second kappa shape index (κ2) is 14.8. The Morgan fingerprint density at radius 3 is 2.64 bits per heavy atom. The highest BCUT2D eigenvalue weighted by Gasteiger charge is 2.38. The van der Waals surface area contributed by atoms with Crippen molar-refractivity contribution in [1.29, 1.82) is 0 Å². The van der Waals surface area contributed by atoms with E-state index in [0.29, 0.717) is 29.9 Å². The normalized spacial score (nSPS) is 13.9. The summed E-state index contributed by atoms with van der Waals surface area (Å²) in [6.45, 7) is 5.14. The number of hydrogen-bond acceptors (Lipinski definition) is 9. The minimum atomic E-state index is -4.92. The third-order valence-electron chi connectivity index (χ3n) is 7.62. The second-order valence-electron chi connectivity index (χ2n) is 10.7. The van der Waals surface area contributed by atoms with Gasteiger partial charge in [0.05, 0.1) is 36.4 Å². The molecule has 17 heteroatoms. The lowest BCUT2D eigenvalue weighted by atomic mass is 10.0. The SMILES string of the molecule is CCc1c(C(=O)NCCOCCN2CCCC2)ccc(Nc2nccn3c(-c4cn(CC(F)F)nc4C(F)(F)F)cnc23)c1OC=O. The molecule has 5 rings (SSSR count). The number of carbonyl (C=O) groups is 2. The average Bonchev–Trinajstić information content (AvgIpc) is 3.79. The van der Waals surface area contributed by atoms with Crippen LogP contribution in [0, 0.1) is 0 Å². The van der Waals surface area contributed by atoms with Crippen LogP contribution in [0.1, 0.15) is 41.4 Å². The molecule has 2 N–H and O–H groups in total. The molecule has 47 heavy (non-hydrogen) atoms. The molecule has 0 unspecified atom stereocenters. The molecule has 252 valence electrons. The molecule has 0 atom stereocenters. The zero-order chi connectivity index (χ0) is 33.6. The van der Waals surface area contributed by atoms with E-state index >= 15 is 0 Å². The van der Waals surface area contributed by atoms with Gasteiger partial charge in [0.2, 0.25) is 0 Å². The third kappa shape index (κ3) is 7.85. The minimum Gasteiger partial charge on any atom is -0.426 e. The molecule has 0 aliphatic carbocycles. The Labute approximate surface area is 265 Å². The third-order valence-corrected chi connectivity index (χ3v) is 7.62. The van der Waals surface area contributed by atoms with Crippen LogP contribution in [0.4, 0.5) is 33.5 Å². The van der Waals surface area contributed by atoms with Crippen molar-refractivity contribution in [1.82, 2.24) is 34.4 Å². The number of aromatic nitrogens is 5.